The molecule has 0 N–H and O–H groups in total. The van der Waals surface area contributed by atoms with Crippen LogP contribution < -0.4 is 19.6 Å². The van der Waals surface area contributed by atoms with Crippen LogP contribution in [0.5, 0.6) is 0 Å². The molecule has 0 amide bonds. The molecule has 4 aromatic carbocycles. The van der Waals surface area contributed by atoms with Gasteiger partial charge < -0.3 is 19.6 Å². The van der Waals surface area contributed by atoms with Gasteiger partial charge in [-0.1, -0.05) is 30.3 Å². The number of aryl methyl sites for hydroxylation is 7. The van der Waals surface area contributed by atoms with E-state index in [1.165, 1.54) is 73.3 Å². The van der Waals surface area contributed by atoms with Gasteiger partial charge in [0.05, 0.1) is 0 Å². The maximum Gasteiger partial charge on any atom is 0.156 e. The summed E-state index contributed by atoms with van der Waals surface area (Å²) in [5, 5.41) is 0. The summed E-state index contributed by atoms with van der Waals surface area (Å²) in [5.74, 6) is 2.49. The van der Waals surface area contributed by atoms with Crippen LogP contribution in [-0.4, -0.2) is 26.2 Å². The molecule has 0 saturated carbocycles. The molecule has 2 aliphatic rings. The van der Waals surface area contributed by atoms with Crippen LogP contribution in [0.25, 0.3) is 0 Å². The lowest BCUT2D eigenvalue weighted by Gasteiger charge is -2.34. The second-order valence-electron chi connectivity index (χ2n) is 12.1. The zero-order valence-corrected chi connectivity index (χ0v) is 25.6. The summed E-state index contributed by atoms with van der Waals surface area (Å²) in [7, 11) is 0. The van der Waals surface area contributed by atoms with Gasteiger partial charge in [0.25, 0.3) is 0 Å². The lowest BCUT2D eigenvalue weighted by Crippen LogP contribution is -2.34. The van der Waals surface area contributed by atoms with Crippen LogP contribution in [0.2, 0.25) is 0 Å². The molecule has 2 aliphatic heterocycles. The van der Waals surface area contributed by atoms with Crippen LogP contribution in [-0.2, 0) is 0 Å². The van der Waals surface area contributed by atoms with Crippen LogP contribution in [0.15, 0.2) is 90.5 Å². The van der Waals surface area contributed by atoms with Gasteiger partial charge in [-0.25, -0.2) is 0 Å². The summed E-state index contributed by atoms with van der Waals surface area (Å²) in [4.78, 5) is 10.2. The van der Waals surface area contributed by atoms with Crippen molar-refractivity contribution in [1.29, 1.82) is 0 Å². The Morgan fingerprint density at radius 2 is 0.634 bits per heavy atom. The molecule has 6 rings (SSSR count). The van der Waals surface area contributed by atoms with Crippen molar-refractivity contribution in [1.82, 2.24) is 0 Å². The van der Waals surface area contributed by atoms with E-state index in [0.29, 0.717) is 0 Å². The Hall–Kier alpha value is -4.18. The number of hydrogen-bond acceptors (Lipinski definition) is 4. The summed E-state index contributed by atoms with van der Waals surface area (Å²) < 4.78 is 0. The summed E-state index contributed by atoms with van der Waals surface area (Å²) in [5.41, 5.74) is 14.1. The van der Waals surface area contributed by atoms with Crippen molar-refractivity contribution in [2.24, 2.45) is 0 Å². The monoisotopic (exact) mass is 542 g/mol. The average molecular weight is 543 g/mol. The molecule has 0 radical (unpaired) electrons. The SMILES string of the molecule is Cc1cccc(N2CCN(c3cc(C)cc(C)c3)C2=C2N(c3cc(C)cc(C)c3)CCN2c2cc(C)cc(C)c2)c1. The fourth-order valence-corrected chi connectivity index (χ4v) is 6.72. The van der Waals surface area contributed by atoms with Crippen molar-refractivity contribution >= 4 is 22.7 Å². The quantitative estimate of drug-likeness (QED) is 0.257. The summed E-state index contributed by atoms with van der Waals surface area (Å²) in [6.07, 6.45) is 0. The first-order valence-electron chi connectivity index (χ1n) is 14.8. The molecule has 0 spiro atoms. The predicted octanol–water partition coefficient (Wildman–Crippen LogP) is 8.33. The van der Waals surface area contributed by atoms with Crippen LogP contribution in [0.3, 0.4) is 0 Å². The van der Waals surface area contributed by atoms with E-state index in [1.54, 1.807) is 0 Å². The predicted molar refractivity (Wildman–Crippen MR) is 175 cm³/mol. The highest BCUT2D eigenvalue weighted by Crippen LogP contribution is 2.41. The van der Waals surface area contributed by atoms with Gasteiger partial charge in [0.2, 0.25) is 0 Å². The van der Waals surface area contributed by atoms with Crippen LogP contribution >= 0.6 is 0 Å². The maximum atomic E-state index is 2.55. The molecule has 4 aromatic rings. The molecule has 0 bridgehead atoms. The van der Waals surface area contributed by atoms with E-state index in [0.717, 1.165) is 26.2 Å². The second kappa shape index (κ2) is 10.7. The fourth-order valence-electron chi connectivity index (χ4n) is 6.72. The third kappa shape index (κ3) is 5.31. The molecule has 0 unspecified atom stereocenters. The van der Waals surface area contributed by atoms with E-state index in [4.69, 9.17) is 0 Å². The van der Waals surface area contributed by atoms with Crippen molar-refractivity contribution in [3.05, 3.63) is 129 Å². The largest absolute Gasteiger partial charge is 0.323 e. The van der Waals surface area contributed by atoms with Crippen LogP contribution in [0.1, 0.15) is 38.9 Å². The first kappa shape index (κ1) is 27.0. The second-order valence-corrected chi connectivity index (χ2v) is 12.1. The molecule has 0 atom stereocenters. The van der Waals surface area contributed by atoms with E-state index < -0.39 is 0 Å². The average Bonchev–Trinajstić information content (AvgIpc) is 3.51. The molecule has 0 aliphatic carbocycles. The lowest BCUT2D eigenvalue weighted by molar-refractivity contribution is 0.962. The molecule has 210 valence electrons. The summed E-state index contributed by atoms with van der Waals surface area (Å²) >= 11 is 0. The lowest BCUT2D eigenvalue weighted by atomic mass is 10.1. The first-order chi connectivity index (χ1) is 19.7. The normalized spacial score (nSPS) is 15.5. The topological polar surface area (TPSA) is 13.0 Å². The Labute approximate surface area is 246 Å². The zero-order chi connectivity index (χ0) is 28.8. The van der Waals surface area contributed by atoms with Crippen molar-refractivity contribution in [3.63, 3.8) is 0 Å². The van der Waals surface area contributed by atoms with Crippen LogP contribution in [0.4, 0.5) is 22.7 Å². The third-order valence-electron chi connectivity index (χ3n) is 8.18. The molecular formula is C37H42N4. The van der Waals surface area contributed by atoms with Gasteiger partial charge >= 0.3 is 0 Å². The van der Waals surface area contributed by atoms with E-state index in [2.05, 4.69) is 147 Å². The maximum absolute atomic E-state index is 2.55. The summed E-state index contributed by atoms with van der Waals surface area (Å²) in [6.45, 7) is 19.1. The smallest absolute Gasteiger partial charge is 0.156 e. The highest BCUT2D eigenvalue weighted by atomic mass is 15.5. The van der Waals surface area contributed by atoms with E-state index >= 15 is 0 Å². The Morgan fingerprint density at radius 1 is 0.341 bits per heavy atom. The molecular weight excluding hydrogens is 500 g/mol. The van der Waals surface area contributed by atoms with Gasteiger partial charge in [-0.15, -0.1) is 0 Å². The Balaban J connectivity index is 1.64. The number of rotatable bonds is 4. The molecule has 4 nitrogen and oxygen atoms in total. The molecule has 41 heavy (non-hydrogen) atoms. The highest BCUT2D eigenvalue weighted by Gasteiger charge is 2.39. The number of hydrogen-bond donors (Lipinski definition) is 0. The molecule has 2 saturated heterocycles. The third-order valence-corrected chi connectivity index (χ3v) is 8.18. The van der Waals surface area contributed by atoms with Crippen LogP contribution in [0, 0.1) is 48.5 Å². The molecule has 0 aromatic heterocycles. The van der Waals surface area contributed by atoms with Gasteiger partial charge in [0, 0.05) is 48.9 Å². The molecule has 2 fully saturated rings. The van der Waals surface area contributed by atoms with Crippen molar-refractivity contribution in [2.45, 2.75) is 48.5 Å². The van der Waals surface area contributed by atoms with Gasteiger partial charge in [0.1, 0.15) is 0 Å². The number of anilines is 4. The first-order valence-corrected chi connectivity index (χ1v) is 14.8. The molecule has 4 heteroatoms. The van der Waals surface area contributed by atoms with E-state index in [-0.39, 0.29) is 0 Å². The zero-order valence-electron chi connectivity index (χ0n) is 25.6. The number of benzene rings is 4. The summed E-state index contributed by atoms with van der Waals surface area (Å²) in [6, 6.07) is 29.8. The Kier molecular flexibility index (Phi) is 7.03. The minimum atomic E-state index is 0.927. The minimum absolute atomic E-state index is 0.927. The standard InChI is InChI=1S/C37H42N4/c1-25-9-8-10-32(18-25)38-11-12-39(33-19-26(2)15-27(3)20-33)36(38)37-40(34-21-28(4)16-29(5)22-34)13-14-41(37)35-23-30(6)17-31(7)24-35/h8-10,15-24H,11-14H2,1-7H3. The van der Waals surface area contributed by atoms with Gasteiger partial charge in [-0.05, 0) is 136 Å². The van der Waals surface area contributed by atoms with Crippen molar-refractivity contribution < 1.29 is 0 Å². The van der Waals surface area contributed by atoms with E-state index in [1.807, 2.05) is 0 Å². The van der Waals surface area contributed by atoms with Crippen molar-refractivity contribution in [2.75, 3.05) is 45.8 Å². The number of nitrogens with zero attached hydrogens (tertiary/aromatic N) is 4. The van der Waals surface area contributed by atoms with E-state index in [9.17, 15) is 0 Å². The minimum Gasteiger partial charge on any atom is -0.323 e. The van der Waals surface area contributed by atoms with Gasteiger partial charge in [-0.2, -0.15) is 0 Å². The molecule has 2 heterocycles. The van der Waals surface area contributed by atoms with Gasteiger partial charge in [-0.3, -0.25) is 0 Å². The fraction of sp³-hybridized carbons (Fsp3) is 0.297. The highest BCUT2D eigenvalue weighted by molar-refractivity contribution is 5.74. The Bertz CT molecular complexity index is 1530. The van der Waals surface area contributed by atoms with Crippen molar-refractivity contribution in [3.8, 4) is 0 Å². The Morgan fingerprint density at radius 3 is 0.951 bits per heavy atom. The van der Waals surface area contributed by atoms with Gasteiger partial charge in [0.15, 0.2) is 11.6 Å².